The second-order valence-electron chi connectivity index (χ2n) is 3.47. The molecule has 2 rings (SSSR count). The zero-order chi connectivity index (χ0) is 13.0. The molecule has 5 heteroatoms. The number of ether oxygens (including phenoxy) is 3. The second-order valence-corrected chi connectivity index (χ2v) is 4.38. The molecule has 0 radical (unpaired) electrons. The highest BCUT2D eigenvalue weighted by Gasteiger charge is 2.04. The Hall–Kier alpha value is -1.75. The van der Waals surface area contributed by atoms with E-state index in [2.05, 4.69) is 20.9 Å². The molecule has 0 spiro atoms. The Morgan fingerprint density at radius 1 is 0.944 bits per heavy atom. The number of aromatic nitrogens is 1. The van der Waals surface area contributed by atoms with Crippen LogP contribution in [0.1, 0.15) is 0 Å². The van der Waals surface area contributed by atoms with Crippen LogP contribution in [-0.4, -0.2) is 19.2 Å². The summed E-state index contributed by atoms with van der Waals surface area (Å²) in [5.74, 6) is 2.46. The molecule has 1 aromatic heterocycles. The summed E-state index contributed by atoms with van der Waals surface area (Å²) in [5, 5.41) is 0. The van der Waals surface area contributed by atoms with Gasteiger partial charge in [0.15, 0.2) is 0 Å². The second kappa shape index (κ2) is 5.73. The first-order valence-electron chi connectivity index (χ1n) is 5.24. The molecule has 0 fully saturated rings. The molecule has 0 unspecified atom stereocenters. The molecule has 0 atom stereocenters. The lowest BCUT2D eigenvalue weighted by Gasteiger charge is -2.09. The lowest BCUT2D eigenvalue weighted by molar-refractivity contribution is 0.385. The Labute approximate surface area is 114 Å². The summed E-state index contributed by atoms with van der Waals surface area (Å²) in [6, 6.07) is 8.95. The van der Waals surface area contributed by atoms with Crippen LogP contribution < -0.4 is 14.2 Å². The molecule has 2 aromatic rings. The maximum absolute atomic E-state index is 5.63. The van der Waals surface area contributed by atoms with Crippen LogP contribution in [0.4, 0.5) is 0 Å². The summed E-state index contributed by atoms with van der Waals surface area (Å²) in [5.41, 5.74) is 0. The van der Waals surface area contributed by atoms with Crippen molar-refractivity contribution in [3.63, 3.8) is 0 Å². The van der Waals surface area contributed by atoms with Crippen molar-refractivity contribution in [2.75, 3.05) is 14.2 Å². The van der Waals surface area contributed by atoms with Gasteiger partial charge >= 0.3 is 0 Å². The van der Waals surface area contributed by atoms with E-state index < -0.39 is 0 Å². The van der Waals surface area contributed by atoms with Gasteiger partial charge in [0.25, 0.3) is 0 Å². The minimum absolute atomic E-state index is 0.508. The topological polar surface area (TPSA) is 40.6 Å². The van der Waals surface area contributed by atoms with Gasteiger partial charge in [-0.1, -0.05) is 0 Å². The Balaban J connectivity index is 2.25. The van der Waals surface area contributed by atoms with Crippen LogP contribution in [0.5, 0.6) is 23.1 Å². The van der Waals surface area contributed by atoms with E-state index in [9.17, 15) is 0 Å². The molecule has 0 bridgehead atoms. The number of methoxy groups -OCH3 is 2. The van der Waals surface area contributed by atoms with Crippen LogP contribution in [0.15, 0.2) is 41.0 Å². The van der Waals surface area contributed by atoms with Gasteiger partial charge < -0.3 is 14.2 Å². The molecule has 0 N–H and O–H groups in total. The molecule has 4 nitrogen and oxygen atoms in total. The van der Waals surface area contributed by atoms with Crippen LogP contribution in [0, 0.1) is 0 Å². The molecule has 1 heterocycles. The number of hydrogen-bond donors (Lipinski definition) is 0. The number of benzene rings is 1. The average Bonchev–Trinajstić information content (AvgIpc) is 2.41. The van der Waals surface area contributed by atoms with Crippen LogP contribution in [0.2, 0.25) is 0 Å². The van der Waals surface area contributed by atoms with Gasteiger partial charge in [-0.15, -0.1) is 0 Å². The smallest absolute Gasteiger partial charge is 0.219 e. The van der Waals surface area contributed by atoms with Crippen molar-refractivity contribution in [2.45, 2.75) is 0 Å². The molecule has 0 aliphatic heterocycles. The van der Waals surface area contributed by atoms with Crippen molar-refractivity contribution in [3.8, 4) is 23.1 Å². The van der Waals surface area contributed by atoms with E-state index in [1.807, 2.05) is 6.07 Å². The lowest BCUT2D eigenvalue weighted by Crippen LogP contribution is -1.91. The Morgan fingerprint density at radius 3 is 2.06 bits per heavy atom. The van der Waals surface area contributed by atoms with E-state index in [4.69, 9.17) is 14.2 Å². The minimum atomic E-state index is 0.508. The summed E-state index contributed by atoms with van der Waals surface area (Å²) >= 11 is 3.32. The zero-order valence-electron chi connectivity index (χ0n) is 10.0. The first-order chi connectivity index (χ1) is 8.71. The molecule has 0 amide bonds. The molecule has 0 saturated heterocycles. The van der Waals surface area contributed by atoms with E-state index in [-0.39, 0.29) is 0 Å². The van der Waals surface area contributed by atoms with E-state index in [0.717, 1.165) is 4.47 Å². The highest BCUT2D eigenvalue weighted by atomic mass is 79.9. The lowest BCUT2D eigenvalue weighted by atomic mass is 10.3. The molecule has 18 heavy (non-hydrogen) atoms. The SMILES string of the molecule is COc1cc(OC)cc(Oc2ccc(Br)cn2)c1. The predicted molar refractivity (Wildman–Crippen MR) is 71.6 cm³/mol. The van der Waals surface area contributed by atoms with Crippen LogP contribution >= 0.6 is 15.9 Å². The third kappa shape index (κ3) is 3.13. The maximum atomic E-state index is 5.63. The number of pyridine rings is 1. The molecule has 1 aromatic carbocycles. The van der Waals surface area contributed by atoms with Gasteiger partial charge in [0, 0.05) is 34.9 Å². The third-order valence-corrected chi connectivity index (χ3v) is 2.72. The number of hydrogen-bond acceptors (Lipinski definition) is 4. The Bertz CT molecular complexity index is 506. The predicted octanol–water partition coefficient (Wildman–Crippen LogP) is 3.65. The van der Waals surface area contributed by atoms with E-state index >= 15 is 0 Å². The number of nitrogens with zero attached hydrogens (tertiary/aromatic N) is 1. The Morgan fingerprint density at radius 2 is 1.56 bits per heavy atom. The standard InChI is InChI=1S/C13H12BrNO3/c1-16-10-5-11(17-2)7-12(6-10)18-13-4-3-9(14)8-15-13/h3-8H,1-2H3. The van der Waals surface area contributed by atoms with Gasteiger partial charge in [0.05, 0.1) is 14.2 Å². The fourth-order valence-corrected chi connectivity index (χ4v) is 1.62. The van der Waals surface area contributed by atoms with Gasteiger partial charge in [0.1, 0.15) is 17.2 Å². The van der Waals surface area contributed by atoms with Crippen LogP contribution in [0.25, 0.3) is 0 Å². The molecule has 94 valence electrons. The summed E-state index contributed by atoms with van der Waals surface area (Å²) in [7, 11) is 3.19. The fraction of sp³-hybridized carbons (Fsp3) is 0.154. The highest BCUT2D eigenvalue weighted by Crippen LogP contribution is 2.30. The van der Waals surface area contributed by atoms with Gasteiger partial charge in [-0.3, -0.25) is 0 Å². The van der Waals surface area contributed by atoms with Crippen molar-refractivity contribution in [3.05, 3.63) is 41.0 Å². The van der Waals surface area contributed by atoms with Crippen molar-refractivity contribution < 1.29 is 14.2 Å². The van der Waals surface area contributed by atoms with Crippen molar-refractivity contribution in [1.29, 1.82) is 0 Å². The molecule has 0 aliphatic rings. The molecule has 0 aliphatic carbocycles. The Kier molecular flexibility index (Phi) is 4.04. The highest BCUT2D eigenvalue weighted by molar-refractivity contribution is 9.10. The summed E-state index contributed by atoms with van der Waals surface area (Å²) in [4.78, 5) is 4.13. The van der Waals surface area contributed by atoms with Crippen molar-refractivity contribution >= 4 is 15.9 Å². The van der Waals surface area contributed by atoms with Gasteiger partial charge in [-0.25, -0.2) is 4.98 Å². The summed E-state index contributed by atoms with van der Waals surface area (Å²) < 4.78 is 16.9. The fourth-order valence-electron chi connectivity index (χ4n) is 1.38. The first kappa shape index (κ1) is 12.7. The van der Waals surface area contributed by atoms with E-state index in [1.165, 1.54) is 0 Å². The van der Waals surface area contributed by atoms with Crippen LogP contribution in [0.3, 0.4) is 0 Å². The molecular weight excluding hydrogens is 298 g/mol. The maximum Gasteiger partial charge on any atom is 0.219 e. The largest absolute Gasteiger partial charge is 0.496 e. The average molecular weight is 310 g/mol. The van der Waals surface area contributed by atoms with Crippen molar-refractivity contribution in [2.24, 2.45) is 0 Å². The van der Waals surface area contributed by atoms with Gasteiger partial charge in [0.2, 0.25) is 5.88 Å². The molecular formula is C13H12BrNO3. The number of halogens is 1. The quantitative estimate of drug-likeness (QED) is 0.864. The zero-order valence-corrected chi connectivity index (χ0v) is 11.6. The van der Waals surface area contributed by atoms with Gasteiger partial charge in [-0.2, -0.15) is 0 Å². The van der Waals surface area contributed by atoms with E-state index in [1.54, 1.807) is 44.7 Å². The summed E-state index contributed by atoms with van der Waals surface area (Å²) in [6.45, 7) is 0. The molecule has 0 saturated carbocycles. The normalized spacial score (nSPS) is 9.94. The summed E-state index contributed by atoms with van der Waals surface area (Å²) in [6.07, 6.45) is 1.67. The van der Waals surface area contributed by atoms with Crippen molar-refractivity contribution in [1.82, 2.24) is 4.98 Å². The third-order valence-electron chi connectivity index (χ3n) is 2.25. The first-order valence-corrected chi connectivity index (χ1v) is 6.03. The number of rotatable bonds is 4. The monoisotopic (exact) mass is 309 g/mol. The van der Waals surface area contributed by atoms with Crippen LogP contribution in [-0.2, 0) is 0 Å². The van der Waals surface area contributed by atoms with Gasteiger partial charge in [-0.05, 0) is 22.0 Å². The minimum Gasteiger partial charge on any atom is -0.496 e. The van der Waals surface area contributed by atoms with E-state index in [0.29, 0.717) is 23.1 Å².